The maximum atomic E-state index is 11.8. The molecule has 0 aromatic carbocycles. The van der Waals surface area contributed by atoms with Crippen LogP contribution in [0.1, 0.15) is 64.7 Å². The maximum absolute atomic E-state index is 11.8. The van der Waals surface area contributed by atoms with E-state index in [1.807, 2.05) is 6.92 Å². The van der Waals surface area contributed by atoms with Crippen LogP contribution in [0, 0.1) is 5.92 Å². The number of carbonyl (C=O) groups excluding carboxylic acids is 2. The number of ether oxygens (including phenoxy) is 1. The minimum absolute atomic E-state index is 0.111. The third-order valence-electron chi connectivity index (χ3n) is 3.42. The molecule has 1 fully saturated rings. The fourth-order valence-corrected chi connectivity index (χ4v) is 2.43. The van der Waals surface area contributed by atoms with Crippen LogP contribution in [0.2, 0.25) is 0 Å². The lowest BCUT2D eigenvalue weighted by atomic mass is 9.93. The monoisotopic (exact) mass is 240 g/mol. The van der Waals surface area contributed by atoms with Gasteiger partial charge in [0.2, 0.25) is 0 Å². The first-order chi connectivity index (χ1) is 8.24. The maximum Gasteiger partial charge on any atom is 0.305 e. The highest BCUT2D eigenvalue weighted by Crippen LogP contribution is 2.24. The van der Waals surface area contributed by atoms with Crippen molar-refractivity contribution in [1.29, 1.82) is 0 Å². The van der Waals surface area contributed by atoms with Crippen LogP contribution in [0.15, 0.2) is 0 Å². The quantitative estimate of drug-likeness (QED) is 0.406. The van der Waals surface area contributed by atoms with Crippen LogP contribution in [0.3, 0.4) is 0 Å². The summed E-state index contributed by atoms with van der Waals surface area (Å²) in [6, 6.07) is 0. The van der Waals surface area contributed by atoms with Crippen molar-refractivity contribution in [3.8, 4) is 0 Å². The van der Waals surface area contributed by atoms with Gasteiger partial charge < -0.3 is 4.74 Å². The van der Waals surface area contributed by atoms with Gasteiger partial charge in [0.15, 0.2) is 0 Å². The lowest BCUT2D eigenvalue weighted by Crippen LogP contribution is -2.12. The zero-order valence-corrected chi connectivity index (χ0v) is 10.9. The van der Waals surface area contributed by atoms with Gasteiger partial charge in [0, 0.05) is 18.8 Å². The normalized spacial score (nSPS) is 21.0. The first-order valence-electron chi connectivity index (χ1n) is 6.92. The molecule has 0 spiro atoms. The molecule has 1 aliphatic carbocycles. The Bertz CT molecular complexity index is 248. The molecule has 1 saturated carbocycles. The summed E-state index contributed by atoms with van der Waals surface area (Å²) in [6.07, 6.45) is 8.54. The van der Waals surface area contributed by atoms with Crippen LogP contribution in [-0.2, 0) is 14.3 Å². The van der Waals surface area contributed by atoms with E-state index in [9.17, 15) is 9.59 Å². The zero-order chi connectivity index (χ0) is 12.5. The fourth-order valence-electron chi connectivity index (χ4n) is 2.43. The lowest BCUT2D eigenvalue weighted by molar-refractivity contribution is -0.143. The molecule has 98 valence electrons. The topological polar surface area (TPSA) is 43.4 Å². The van der Waals surface area contributed by atoms with Crippen LogP contribution in [0.25, 0.3) is 0 Å². The molecule has 0 aromatic heterocycles. The summed E-state index contributed by atoms with van der Waals surface area (Å²) < 4.78 is 4.87. The average Bonchev–Trinajstić information content (AvgIpc) is 2.50. The van der Waals surface area contributed by atoms with Gasteiger partial charge in [-0.05, 0) is 32.6 Å². The van der Waals surface area contributed by atoms with Crippen LogP contribution in [-0.4, -0.2) is 18.4 Å². The summed E-state index contributed by atoms with van der Waals surface area (Å²) in [5.74, 6) is 0.595. The fraction of sp³-hybridized carbons (Fsp3) is 0.857. The molecule has 1 aliphatic rings. The Morgan fingerprint density at radius 2 is 2.12 bits per heavy atom. The highest BCUT2D eigenvalue weighted by molar-refractivity contribution is 5.81. The Morgan fingerprint density at radius 3 is 2.88 bits per heavy atom. The summed E-state index contributed by atoms with van der Waals surface area (Å²) in [4.78, 5) is 22.9. The van der Waals surface area contributed by atoms with E-state index in [1.165, 1.54) is 12.8 Å². The van der Waals surface area contributed by atoms with Gasteiger partial charge in [-0.25, -0.2) is 0 Å². The van der Waals surface area contributed by atoms with Crippen molar-refractivity contribution in [1.82, 2.24) is 0 Å². The minimum atomic E-state index is -0.111. The molecule has 3 nitrogen and oxygen atoms in total. The first kappa shape index (κ1) is 14.2. The summed E-state index contributed by atoms with van der Waals surface area (Å²) in [5.41, 5.74) is 0. The van der Waals surface area contributed by atoms with Crippen molar-refractivity contribution in [2.75, 3.05) is 6.61 Å². The highest BCUT2D eigenvalue weighted by Gasteiger charge is 2.19. The molecule has 0 N–H and O–H groups in total. The Labute approximate surface area is 104 Å². The summed E-state index contributed by atoms with van der Waals surface area (Å²) >= 11 is 0. The van der Waals surface area contributed by atoms with Gasteiger partial charge in [0.25, 0.3) is 0 Å². The van der Waals surface area contributed by atoms with Gasteiger partial charge in [0.05, 0.1) is 6.61 Å². The van der Waals surface area contributed by atoms with Crippen molar-refractivity contribution in [3.63, 3.8) is 0 Å². The summed E-state index contributed by atoms with van der Waals surface area (Å²) in [6.45, 7) is 2.28. The number of hydrogen-bond acceptors (Lipinski definition) is 3. The number of esters is 1. The molecule has 3 heteroatoms. The highest BCUT2D eigenvalue weighted by atomic mass is 16.5. The van der Waals surface area contributed by atoms with E-state index < -0.39 is 0 Å². The van der Waals surface area contributed by atoms with E-state index in [1.54, 1.807) is 0 Å². The third kappa shape index (κ3) is 5.85. The number of Topliss-reactive ketones (excluding diaryl/α,β-unsaturated/α-hetero) is 1. The molecule has 1 unspecified atom stereocenters. The molecule has 17 heavy (non-hydrogen) atoms. The van der Waals surface area contributed by atoms with E-state index in [0.717, 1.165) is 38.5 Å². The number of hydrogen-bond donors (Lipinski definition) is 0. The Hall–Kier alpha value is -0.860. The van der Waals surface area contributed by atoms with Gasteiger partial charge in [-0.1, -0.05) is 19.3 Å². The van der Waals surface area contributed by atoms with E-state index in [-0.39, 0.29) is 11.9 Å². The lowest BCUT2D eigenvalue weighted by Gasteiger charge is -2.12. The second-order valence-electron chi connectivity index (χ2n) is 4.81. The van der Waals surface area contributed by atoms with E-state index in [2.05, 4.69) is 0 Å². The molecule has 0 aromatic rings. The smallest absolute Gasteiger partial charge is 0.305 e. The number of carbonyl (C=O) groups is 2. The van der Waals surface area contributed by atoms with Crippen molar-refractivity contribution in [2.24, 2.45) is 5.92 Å². The minimum Gasteiger partial charge on any atom is -0.466 e. The molecular formula is C14H24O3. The van der Waals surface area contributed by atoms with Gasteiger partial charge >= 0.3 is 5.97 Å². The molecule has 1 atom stereocenters. The Morgan fingerprint density at radius 1 is 1.29 bits per heavy atom. The van der Waals surface area contributed by atoms with E-state index in [0.29, 0.717) is 18.8 Å². The zero-order valence-electron chi connectivity index (χ0n) is 10.9. The van der Waals surface area contributed by atoms with Crippen molar-refractivity contribution < 1.29 is 14.3 Å². The van der Waals surface area contributed by atoms with Crippen LogP contribution < -0.4 is 0 Å². The van der Waals surface area contributed by atoms with Crippen LogP contribution >= 0.6 is 0 Å². The van der Waals surface area contributed by atoms with Gasteiger partial charge in [-0.2, -0.15) is 0 Å². The van der Waals surface area contributed by atoms with Crippen LogP contribution in [0.5, 0.6) is 0 Å². The standard InChI is InChI=1S/C14H24O3/c1-2-17-14(16)11-7-6-9-12-8-4-3-5-10-13(12)15/h12H,2-11H2,1H3. The van der Waals surface area contributed by atoms with E-state index >= 15 is 0 Å². The predicted octanol–water partition coefficient (Wildman–Crippen LogP) is 3.26. The van der Waals surface area contributed by atoms with Crippen molar-refractivity contribution in [3.05, 3.63) is 0 Å². The third-order valence-corrected chi connectivity index (χ3v) is 3.42. The number of rotatable bonds is 6. The molecule has 0 bridgehead atoms. The Balaban J connectivity index is 2.12. The number of unbranched alkanes of at least 4 members (excludes halogenated alkanes) is 1. The summed E-state index contributed by atoms with van der Waals surface area (Å²) in [7, 11) is 0. The van der Waals surface area contributed by atoms with Crippen molar-refractivity contribution in [2.45, 2.75) is 64.7 Å². The molecule has 0 saturated heterocycles. The molecule has 0 amide bonds. The van der Waals surface area contributed by atoms with Gasteiger partial charge in [-0.3, -0.25) is 9.59 Å². The molecule has 0 heterocycles. The van der Waals surface area contributed by atoms with Gasteiger partial charge in [0.1, 0.15) is 5.78 Å². The van der Waals surface area contributed by atoms with Crippen molar-refractivity contribution >= 4 is 11.8 Å². The predicted molar refractivity (Wildman–Crippen MR) is 66.7 cm³/mol. The SMILES string of the molecule is CCOC(=O)CCCCC1CCCCCC1=O. The second kappa shape index (κ2) is 8.26. The largest absolute Gasteiger partial charge is 0.466 e. The average molecular weight is 240 g/mol. The number of ketones is 1. The van der Waals surface area contributed by atoms with E-state index in [4.69, 9.17) is 4.74 Å². The molecule has 1 rings (SSSR count). The molecule has 0 radical (unpaired) electrons. The van der Waals surface area contributed by atoms with Gasteiger partial charge in [-0.15, -0.1) is 0 Å². The van der Waals surface area contributed by atoms with Crippen LogP contribution in [0.4, 0.5) is 0 Å². The molecule has 0 aliphatic heterocycles. The Kier molecular flexibility index (Phi) is 6.90. The second-order valence-corrected chi connectivity index (χ2v) is 4.81. The molecular weight excluding hydrogens is 216 g/mol. The first-order valence-corrected chi connectivity index (χ1v) is 6.92. The summed E-state index contributed by atoms with van der Waals surface area (Å²) in [5, 5.41) is 0.